The molecular weight excluding hydrogens is 182 g/mol. The van der Waals surface area contributed by atoms with Gasteiger partial charge in [-0.25, -0.2) is 0 Å². The maximum absolute atomic E-state index is 5.52. The fourth-order valence-electron chi connectivity index (χ4n) is 0.816. The summed E-state index contributed by atoms with van der Waals surface area (Å²) in [6.07, 6.45) is 0.231. The van der Waals surface area contributed by atoms with E-state index in [9.17, 15) is 0 Å². The summed E-state index contributed by atoms with van der Waals surface area (Å²) in [7, 11) is 3.13. The van der Waals surface area contributed by atoms with Crippen LogP contribution in [0.4, 0.5) is 0 Å². The third-order valence-corrected chi connectivity index (χ3v) is 1.61. The first-order valence-corrected chi connectivity index (χ1v) is 3.80. The molecule has 68 valence electrons. The molecule has 0 bridgehead atoms. The lowest BCUT2D eigenvalue weighted by Crippen LogP contribution is -2.16. The first-order chi connectivity index (χ1) is 5.76. The lowest BCUT2D eigenvalue weighted by molar-refractivity contribution is -0.101. The fourth-order valence-corrected chi connectivity index (χ4v) is 0.976. The Kier molecular flexibility index (Phi) is 3.52. The summed E-state index contributed by atoms with van der Waals surface area (Å²) in [5.41, 5.74) is 0.716. The molecule has 1 rings (SSSR count). The van der Waals surface area contributed by atoms with Crippen molar-refractivity contribution < 1.29 is 14.0 Å². The first kappa shape index (κ1) is 9.51. The molecule has 0 atom stereocenters. The molecule has 0 saturated heterocycles. The number of nitrogens with zero attached hydrogens (tertiary/aromatic N) is 1. The summed E-state index contributed by atoms with van der Waals surface area (Å²) in [5.74, 6) is 0. The lowest BCUT2D eigenvalue weighted by Gasteiger charge is -2.10. The zero-order chi connectivity index (χ0) is 8.97. The molecule has 12 heavy (non-hydrogen) atoms. The van der Waals surface area contributed by atoms with Gasteiger partial charge < -0.3 is 14.0 Å². The summed E-state index contributed by atoms with van der Waals surface area (Å²) < 4.78 is 14.6. The zero-order valence-corrected chi connectivity index (χ0v) is 7.67. The van der Waals surface area contributed by atoms with Gasteiger partial charge in [-0.05, 0) is 11.6 Å². The van der Waals surface area contributed by atoms with Crippen LogP contribution in [0.5, 0.6) is 0 Å². The molecule has 0 radical (unpaired) electrons. The second kappa shape index (κ2) is 4.45. The van der Waals surface area contributed by atoms with Crippen LogP contribution in [0.2, 0.25) is 5.22 Å². The minimum absolute atomic E-state index is 0.274. The number of methoxy groups -OCH3 is 2. The number of rotatable bonds is 4. The molecule has 1 aromatic rings. The lowest BCUT2D eigenvalue weighted by atomic mass is 10.3. The van der Waals surface area contributed by atoms with Gasteiger partial charge in [0, 0.05) is 26.7 Å². The van der Waals surface area contributed by atoms with Crippen molar-refractivity contribution in [1.82, 2.24) is 5.16 Å². The van der Waals surface area contributed by atoms with E-state index in [0.717, 1.165) is 0 Å². The SMILES string of the molecule is COC(Cc1cc(Cl)on1)OC. The van der Waals surface area contributed by atoms with Gasteiger partial charge in [-0.2, -0.15) is 0 Å². The van der Waals surface area contributed by atoms with E-state index in [-0.39, 0.29) is 11.5 Å². The van der Waals surface area contributed by atoms with E-state index in [1.165, 1.54) is 0 Å². The van der Waals surface area contributed by atoms with Crippen LogP contribution in [0.15, 0.2) is 10.6 Å². The van der Waals surface area contributed by atoms with E-state index in [0.29, 0.717) is 12.1 Å². The Balaban J connectivity index is 2.50. The molecule has 5 heteroatoms. The average Bonchev–Trinajstić information content (AvgIpc) is 2.47. The third kappa shape index (κ3) is 2.48. The van der Waals surface area contributed by atoms with Crippen LogP contribution in [-0.4, -0.2) is 25.7 Å². The molecule has 1 aromatic heterocycles. The highest BCUT2D eigenvalue weighted by Gasteiger charge is 2.09. The molecule has 0 aliphatic rings. The predicted molar refractivity (Wildman–Crippen MR) is 43.0 cm³/mol. The van der Waals surface area contributed by atoms with Gasteiger partial charge in [0.2, 0.25) is 5.22 Å². The van der Waals surface area contributed by atoms with Gasteiger partial charge >= 0.3 is 0 Å². The van der Waals surface area contributed by atoms with E-state index < -0.39 is 0 Å². The third-order valence-electron chi connectivity index (χ3n) is 1.43. The summed E-state index contributed by atoms with van der Waals surface area (Å²) >= 11 is 5.52. The summed E-state index contributed by atoms with van der Waals surface area (Å²) in [6.45, 7) is 0. The van der Waals surface area contributed by atoms with Crippen LogP contribution >= 0.6 is 11.6 Å². The van der Waals surface area contributed by atoms with Crippen LogP contribution in [0.25, 0.3) is 0 Å². The van der Waals surface area contributed by atoms with Gasteiger partial charge in [-0.1, -0.05) is 5.16 Å². The molecule has 0 aromatic carbocycles. The number of hydrogen-bond donors (Lipinski definition) is 0. The maximum atomic E-state index is 5.52. The quantitative estimate of drug-likeness (QED) is 0.677. The Labute approximate surface area is 75.4 Å². The van der Waals surface area contributed by atoms with Gasteiger partial charge in [0.15, 0.2) is 6.29 Å². The number of halogens is 1. The second-order valence-electron chi connectivity index (χ2n) is 2.23. The van der Waals surface area contributed by atoms with E-state index in [1.807, 2.05) is 0 Å². The molecule has 0 saturated carbocycles. The molecule has 0 spiro atoms. The van der Waals surface area contributed by atoms with Crippen LogP contribution < -0.4 is 0 Å². The molecule has 0 aliphatic heterocycles. The second-order valence-corrected chi connectivity index (χ2v) is 2.60. The molecular formula is C7H10ClNO3. The average molecular weight is 192 g/mol. The van der Waals surface area contributed by atoms with E-state index >= 15 is 0 Å². The Hall–Kier alpha value is -0.580. The van der Waals surface area contributed by atoms with Crippen LogP contribution in [0.3, 0.4) is 0 Å². The fraction of sp³-hybridized carbons (Fsp3) is 0.571. The van der Waals surface area contributed by atoms with Crippen molar-refractivity contribution in [3.8, 4) is 0 Å². The smallest absolute Gasteiger partial charge is 0.226 e. The zero-order valence-electron chi connectivity index (χ0n) is 6.91. The van der Waals surface area contributed by atoms with Crippen molar-refractivity contribution in [1.29, 1.82) is 0 Å². The minimum atomic E-state index is -0.300. The van der Waals surface area contributed by atoms with Crippen LogP contribution in [0.1, 0.15) is 5.69 Å². The van der Waals surface area contributed by atoms with Crippen molar-refractivity contribution in [2.75, 3.05) is 14.2 Å². The van der Waals surface area contributed by atoms with Crippen LogP contribution in [0, 0.1) is 0 Å². The summed E-state index contributed by atoms with van der Waals surface area (Å²) in [5, 5.41) is 3.96. The summed E-state index contributed by atoms with van der Waals surface area (Å²) in [6, 6.07) is 1.63. The molecule has 0 N–H and O–H groups in total. The number of aromatic nitrogens is 1. The molecule has 0 fully saturated rings. The molecule has 4 nitrogen and oxygen atoms in total. The molecule has 0 unspecified atom stereocenters. The highest BCUT2D eigenvalue weighted by molar-refractivity contribution is 6.28. The topological polar surface area (TPSA) is 44.5 Å². The largest absolute Gasteiger partial charge is 0.356 e. The van der Waals surface area contributed by atoms with Gasteiger partial charge in [-0.15, -0.1) is 0 Å². The van der Waals surface area contributed by atoms with Crippen molar-refractivity contribution in [2.45, 2.75) is 12.7 Å². The molecule has 0 amide bonds. The standard InChI is InChI=1S/C7H10ClNO3/c1-10-7(11-2)4-5-3-6(8)12-9-5/h3,7H,4H2,1-2H3. The normalized spacial score (nSPS) is 11.0. The van der Waals surface area contributed by atoms with E-state index in [4.69, 9.17) is 21.1 Å². The van der Waals surface area contributed by atoms with Crippen LogP contribution in [-0.2, 0) is 15.9 Å². The first-order valence-electron chi connectivity index (χ1n) is 3.43. The van der Waals surface area contributed by atoms with Crippen molar-refractivity contribution in [3.05, 3.63) is 17.0 Å². The van der Waals surface area contributed by atoms with Gasteiger partial charge in [0.05, 0.1) is 5.69 Å². The number of hydrogen-bond acceptors (Lipinski definition) is 4. The Bertz CT molecular complexity index is 234. The van der Waals surface area contributed by atoms with Gasteiger partial charge in [0.25, 0.3) is 0 Å². The highest BCUT2D eigenvalue weighted by atomic mass is 35.5. The van der Waals surface area contributed by atoms with Gasteiger partial charge in [0.1, 0.15) is 0 Å². The Morgan fingerprint density at radius 1 is 1.58 bits per heavy atom. The van der Waals surface area contributed by atoms with Crippen molar-refractivity contribution >= 4 is 11.6 Å². The number of ether oxygens (including phenoxy) is 2. The Morgan fingerprint density at radius 3 is 2.67 bits per heavy atom. The van der Waals surface area contributed by atoms with E-state index in [1.54, 1.807) is 20.3 Å². The highest BCUT2D eigenvalue weighted by Crippen LogP contribution is 2.11. The monoisotopic (exact) mass is 191 g/mol. The van der Waals surface area contributed by atoms with E-state index in [2.05, 4.69) is 9.68 Å². The van der Waals surface area contributed by atoms with Gasteiger partial charge in [-0.3, -0.25) is 0 Å². The van der Waals surface area contributed by atoms with Crippen molar-refractivity contribution in [3.63, 3.8) is 0 Å². The Morgan fingerprint density at radius 2 is 2.25 bits per heavy atom. The maximum Gasteiger partial charge on any atom is 0.226 e. The molecule has 0 aliphatic carbocycles. The summed E-state index contributed by atoms with van der Waals surface area (Å²) in [4.78, 5) is 0. The minimum Gasteiger partial charge on any atom is -0.356 e. The molecule has 1 heterocycles. The van der Waals surface area contributed by atoms with Crippen molar-refractivity contribution in [2.24, 2.45) is 0 Å². The predicted octanol–water partition coefficient (Wildman–Crippen LogP) is 1.49.